The van der Waals surface area contributed by atoms with Gasteiger partial charge in [0.25, 0.3) is 5.92 Å². The molecule has 0 spiro atoms. The number of piperidine rings is 1. The SMILES string of the molecule is CC(C)(C)OC(=O)N[C@@H]1C[C@@H](Oc2cccc(F)c2)[C@H](O)[C@H]1N1CCC(F)(F)CC1. The van der Waals surface area contributed by atoms with E-state index < -0.39 is 47.7 Å². The van der Waals surface area contributed by atoms with Gasteiger partial charge in [0.1, 0.15) is 29.4 Å². The van der Waals surface area contributed by atoms with Crippen molar-refractivity contribution in [1.82, 2.24) is 10.2 Å². The maximum Gasteiger partial charge on any atom is 0.407 e. The zero-order chi connectivity index (χ0) is 22.1. The van der Waals surface area contributed by atoms with Gasteiger partial charge >= 0.3 is 6.09 Å². The van der Waals surface area contributed by atoms with Crippen LogP contribution in [0.1, 0.15) is 40.0 Å². The van der Waals surface area contributed by atoms with Crippen LogP contribution in [0.4, 0.5) is 18.0 Å². The number of carbonyl (C=O) groups is 1. The molecule has 1 aromatic carbocycles. The van der Waals surface area contributed by atoms with Gasteiger partial charge in [-0.15, -0.1) is 0 Å². The van der Waals surface area contributed by atoms with Crippen LogP contribution in [-0.4, -0.2) is 65.0 Å². The fourth-order valence-corrected chi connectivity index (χ4v) is 4.04. The maximum atomic E-state index is 13.6. The molecule has 1 aromatic rings. The molecule has 4 atom stereocenters. The summed E-state index contributed by atoms with van der Waals surface area (Å²) in [6.07, 6.45) is -2.85. The van der Waals surface area contributed by atoms with E-state index in [0.717, 1.165) is 0 Å². The Morgan fingerprint density at radius 3 is 2.53 bits per heavy atom. The molecule has 168 valence electrons. The number of hydrogen-bond donors (Lipinski definition) is 2. The lowest BCUT2D eigenvalue weighted by Crippen LogP contribution is -2.56. The minimum atomic E-state index is -2.73. The summed E-state index contributed by atoms with van der Waals surface area (Å²) in [5.41, 5.74) is -0.707. The molecule has 0 radical (unpaired) electrons. The van der Waals surface area contributed by atoms with Crippen LogP contribution in [0, 0.1) is 5.82 Å². The number of aliphatic hydroxyl groups excluding tert-OH is 1. The molecule has 2 N–H and O–H groups in total. The van der Waals surface area contributed by atoms with Crippen LogP contribution in [0.15, 0.2) is 24.3 Å². The highest BCUT2D eigenvalue weighted by Gasteiger charge is 2.49. The Balaban J connectivity index is 1.75. The van der Waals surface area contributed by atoms with Crippen LogP contribution in [0.5, 0.6) is 5.75 Å². The van der Waals surface area contributed by atoms with E-state index in [1.54, 1.807) is 31.7 Å². The van der Waals surface area contributed by atoms with Crippen LogP contribution in [0.2, 0.25) is 0 Å². The van der Waals surface area contributed by atoms with Gasteiger partial charge in [0, 0.05) is 38.4 Å². The third kappa shape index (κ3) is 5.78. The zero-order valence-electron chi connectivity index (χ0n) is 17.4. The van der Waals surface area contributed by atoms with Gasteiger partial charge in [-0.3, -0.25) is 4.90 Å². The predicted octanol–water partition coefficient (Wildman–Crippen LogP) is 3.33. The molecule has 0 unspecified atom stereocenters. The van der Waals surface area contributed by atoms with E-state index >= 15 is 0 Å². The number of alkyl carbamates (subject to hydrolysis) is 1. The van der Waals surface area contributed by atoms with Crippen molar-refractivity contribution in [2.45, 2.75) is 75.8 Å². The highest BCUT2D eigenvalue weighted by Crippen LogP contribution is 2.35. The Kier molecular flexibility index (Phi) is 6.52. The molecule has 1 saturated heterocycles. The number of alkyl halides is 2. The van der Waals surface area contributed by atoms with Gasteiger partial charge in [0.2, 0.25) is 0 Å². The normalized spacial score (nSPS) is 29.4. The summed E-state index contributed by atoms with van der Waals surface area (Å²) in [6.45, 7) is 5.38. The van der Waals surface area contributed by atoms with Gasteiger partial charge in [0.05, 0.1) is 12.1 Å². The molecule has 30 heavy (non-hydrogen) atoms. The summed E-state index contributed by atoms with van der Waals surface area (Å²) in [5, 5.41) is 13.7. The molecule has 0 aromatic heterocycles. The monoisotopic (exact) mass is 430 g/mol. The number of carbonyl (C=O) groups excluding carboxylic acids is 1. The number of halogens is 3. The van der Waals surface area contributed by atoms with Crippen molar-refractivity contribution in [3.05, 3.63) is 30.1 Å². The Labute approximate surface area is 174 Å². The number of ether oxygens (including phenoxy) is 2. The minimum Gasteiger partial charge on any atom is -0.487 e. The molecule has 0 bridgehead atoms. The average Bonchev–Trinajstić information content (AvgIpc) is 2.89. The Morgan fingerprint density at radius 2 is 1.93 bits per heavy atom. The summed E-state index contributed by atoms with van der Waals surface area (Å²) >= 11 is 0. The molecule has 2 aliphatic rings. The van der Waals surface area contributed by atoms with Crippen LogP contribution < -0.4 is 10.1 Å². The van der Waals surface area contributed by atoms with Crippen molar-refractivity contribution >= 4 is 6.09 Å². The number of nitrogens with one attached hydrogen (secondary N) is 1. The number of hydrogen-bond acceptors (Lipinski definition) is 5. The third-order valence-electron chi connectivity index (χ3n) is 5.37. The number of aliphatic hydroxyl groups is 1. The number of rotatable bonds is 4. The largest absolute Gasteiger partial charge is 0.487 e. The number of benzene rings is 1. The lowest BCUT2D eigenvalue weighted by atomic mass is 10.0. The van der Waals surface area contributed by atoms with Gasteiger partial charge in [-0.05, 0) is 32.9 Å². The van der Waals surface area contributed by atoms with E-state index in [2.05, 4.69) is 5.32 Å². The summed E-state index contributed by atoms with van der Waals surface area (Å²) in [5.74, 6) is -2.95. The molecule has 1 amide bonds. The first-order valence-corrected chi connectivity index (χ1v) is 10.2. The fourth-order valence-electron chi connectivity index (χ4n) is 4.04. The van der Waals surface area contributed by atoms with Gasteiger partial charge in [-0.25, -0.2) is 18.0 Å². The fraction of sp³-hybridized carbons (Fsp3) is 0.667. The first kappa shape index (κ1) is 22.7. The third-order valence-corrected chi connectivity index (χ3v) is 5.37. The van der Waals surface area contributed by atoms with Crippen molar-refractivity contribution < 1.29 is 32.5 Å². The van der Waals surface area contributed by atoms with Gasteiger partial charge < -0.3 is 19.9 Å². The molecule has 2 fully saturated rings. The molecule has 1 aliphatic carbocycles. The molecule has 9 heteroatoms. The van der Waals surface area contributed by atoms with Crippen molar-refractivity contribution in [3.63, 3.8) is 0 Å². The van der Waals surface area contributed by atoms with E-state index in [1.165, 1.54) is 18.2 Å². The molecule has 3 rings (SSSR count). The van der Waals surface area contributed by atoms with Crippen LogP contribution in [0.3, 0.4) is 0 Å². The second-order valence-corrected chi connectivity index (χ2v) is 8.98. The van der Waals surface area contributed by atoms with Crippen LogP contribution >= 0.6 is 0 Å². The summed E-state index contributed by atoms with van der Waals surface area (Å²) in [6, 6.07) is 4.36. The average molecular weight is 430 g/mol. The highest BCUT2D eigenvalue weighted by atomic mass is 19.3. The topological polar surface area (TPSA) is 71.0 Å². The summed E-state index contributed by atoms with van der Waals surface area (Å²) in [7, 11) is 0. The molecule has 1 aliphatic heterocycles. The van der Waals surface area contributed by atoms with E-state index in [1.807, 2.05) is 0 Å². The van der Waals surface area contributed by atoms with Crippen LogP contribution in [-0.2, 0) is 4.74 Å². The summed E-state index contributed by atoms with van der Waals surface area (Å²) in [4.78, 5) is 14.1. The second kappa shape index (κ2) is 8.63. The van der Waals surface area contributed by atoms with E-state index in [4.69, 9.17) is 9.47 Å². The van der Waals surface area contributed by atoms with E-state index in [9.17, 15) is 23.1 Å². The lowest BCUT2D eigenvalue weighted by Gasteiger charge is -2.39. The van der Waals surface area contributed by atoms with Crippen molar-refractivity contribution in [3.8, 4) is 5.75 Å². The molecular formula is C21H29F3N2O4. The molecule has 1 heterocycles. The first-order valence-electron chi connectivity index (χ1n) is 10.2. The van der Waals surface area contributed by atoms with Crippen LogP contribution in [0.25, 0.3) is 0 Å². The van der Waals surface area contributed by atoms with E-state index in [-0.39, 0.29) is 38.1 Å². The van der Waals surface area contributed by atoms with Crippen molar-refractivity contribution in [2.75, 3.05) is 13.1 Å². The summed E-state index contributed by atoms with van der Waals surface area (Å²) < 4.78 is 51.8. The Hall–Kier alpha value is -2.00. The number of likely N-dealkylation sites (tertiary alicyclic amines) is 1. The maximum absolute atomic E-state index is 13.6. The smallest absolute Gasteiger partial charge is 0.407 e. The molecule has 1 saturated carbocycles. The highest BCUT2D eigenvalue weighted by molar-refractivity contribution is 5.68. The number of nitrogens with zero attached hydrogens (tertiary/aromatic N) is 1. The van der Waals surface area contributed by atoms with Gasteiger partial charge in [-0.2, -0.15) is 0 Å². The minimum absolute atomic E-state index is 0.0912. The van der Waals surface area contributed by atoms with Crippen molar-refractivity contribution in [2.24, 2.45) is 0 Å². The molecule has 6 nitrogen and oxygen atoms in total. The van der Waals surface area contributed by atoms with Crippen molar-refractivity contribution in [1.29, 1.82) is 0 Å². The Morgan fingerprint density at radius 1 is 1.27 bits per heavy atom. The predicted molar refractivity (Wildman–Crippen MR) is 104 cm³/mol. The standard InChI is InChI=1S/C21H29F3N2O4/c1-20(2,3)30-19(28)25-15-12-16(29-14-6-4-5-13(22)11-14)18(27)17(15)26-9-7-21(23,24)8-10-26/h4-6,11,15-18,27H,7-10,12H2,1-3H3,(H,25,28)/t15-,16-,17+,18+/m1/s1. The molecular weight excluding hydrogens is 401 g/mol. The quantitative estimate of drug-likeness (QED) is 0.767. The lowest BCUT2D eigenvalue weighted by molar-refractivity contribution is -0.0790. The van der Waals surface area contributed by atoms with Gasteiger partial charge in [0.15, 0.2) is 0 Å². The zero-order valence-corrected chi connectivity index (χ0v) is 17.4. The van der Waals surface area contributed by atoms with Gasteiger partial charge in [-0.1, -0.05) is 6.07 Å². The first-order chi connectivity index (χ1) is 13.9. The number of amides is 1. The van der Waals surface area contributed by atoms with E-state index in [0.29, 0.717) is 0 Å². The second-order valence-electron chi connectivity index (χ2n) is 8.98. The Bertz CT molecular complexity index is 746.